The molecule has 3 N–H and O–H groups in total. The average molecular weight is 269 g/mol. The molecule has 5 nitrogen and oxygen atoms in total. The van der Waals surface area contributed by atoms with E-state index < -0.39 is 11.3 Å². The first-order chi connectivity index (χ1) is 9.59. The van der Waals surface area contributed by atoms with Crippen molar-refractivity contribution in [3.05, 3.63) is 58.9 Å². The molecular weight excluding hydrogens is 258 g/mol. The van der Waals surface area contributed by atoms with Gasteiger partial charge in [-0.05, 0) is 30.3 Å². The first-order valence-electron chi connectivity index (χ1n) is 5.94. The van der Waals surface area contributed by atoms with Crippen molar-refractivity contribution in [3.63, 3.8) is 0 Å². The van der Waals surface area contributed by atoms with Crippen molar-refractivity contribution in [1.82, 2.24) is 4.57 Å². The lowest BCUT2D eigenvalue weighted by Crippen LogP contribution is -2.18. The number of nitrogens with zero attached hydrogens (tertiary/aromatic N) is 1. The third kappa shape index (κ3) is 1.68. The van der Waals surface area contributed by atoms with E-state index in [4.69, 9.17) is 0 Å². The van der Waals surface area contributed by atoms with Gasteiger partial charge in [-0.3, -0.25) is 4.79 Å². The van der Waals surface area contributed by atoms with Crippen LogP contribution in [-0.4, -0.2) is 19.9 Å². The highest BCUT2D eigenvalue weighted by molar-refractivity contribution is 5.91. The van der Waals surface area contributed by atoms with Crippen LogP contribution in [0.4, 0.5) is 0 Å². The summed E-state index contributed by atoms with van der Waals surface area (Å²) < 4.78 is 0.997. The second-order valence-corrected chi connectivity index (χ2v) is 4.37. The molecule has 5 heteroatoms. The molecule has 0 unspecified atom stereocenters. The molecule has 0 atom stereocenters. The van der Waals surface area contributed by atoms with Gasteiger partial charge < -0.3 is 15.3 Å². The summed E-state index contributed by atoms with van der Waals surface area (Å²) in [4.78, 5) is 12.2. The van der Waals surface area contributed by atoms with E-state index in [1.807, 2.05) is 0 Å². The highest BCUT2D eigenvalue weighted by atomic mass is 16.3. The maximum atomic E-state index is 12.2. The Morgan fingerprint density at radius 2 is 1.40 bits per heavy atom. The molecule has 2 aromatic carbocycles. The highest BCUT2D eigenvalue weighted by Crippen LogP contribution is 2.30. The molecular formula is C15H11NO4. The monoisotopic (exact) mass is 269 g/mol. The smallest absolute Gasteiger partial charge is 0.300 e. The lowest BCUT2D eigenvalue weighted by atomic mass is 10.1. The van der Waals surface area contributed by atoms with Gasteiger partial charge in [0.1, 0.15) is 5.75 Å². The van der Waals surface area contributed by atoms with Crippen molar-refractivity contribution in [3.8, 4) is 23.1 Å². The molecule has 3 rings (SSSR count). The van der Waals surface area contributed by atoms with Crippen LogP contribution in [0.3, 0.4) is 0 Å². The van der Waals surface area contributed by atoms with Gasteiger partial charge in [0.15, 0.2) is 5.75 Å². The minimum atomic E-state index is -0.716. The van der Waals surface area contributed by atoms with Crippen molar-refractivity contribution in [2.75, 3.05) is 0 Å². The fourth-order valence-corrected chi connectivity index (χ4v) is 2.16. The molecule has 20 heavy (non-hydrogen) atoms. The number of aromatic nitrogens is 1. The summed E-state index contributed by atoms with van der Waals surface area (Å²) >= 11 is 0. The Hall–Kier alpha value is -2.95. The van der Waals surface area contributed by atoms with E-state index in [-0.39, 0.29) is 11.6 Å². The Morgan fingerprint density at radius 3 is 2.05 bits per heavy atom. The molecule has 0 fully saturated rings. The van der Waals surface area contributed by atoms with Gasteiger partial charge in [0.05, 0.1) is 5.69 Å². The van der Waals surface area contributed by atoms with Gasteiger partial charge in [0.2, 0.25) is 5.88 Å². The number of phenolic OH excluding ortho intramolecular Hbond substituents is 1. The number of hydrogen-bond acceptors (Lipinski definition) is 4. The highest BCUT2D eigenvalue weighted by Gasteiger charge is 2.15. The van der Waals surface area contributed by atoms with Crippen LogP contribution >= 0.6 is 0 Å². The summed E-state index contributed by atoms with van der Waals surface area (Å²) in [6, 6.07) is 12.3. The number of pyridine rings is 1. The Kier molecular flexibility index (Phi) is 2.61. The van der Waals surface area contributed by atoms with E-state index in [0.717, 1.165) is 4.57 Å². The minimum absolute atomic E-state index is 0.0475. The molecule has 0 aliphatic heterocycles. The second kappa shape index (κ2) is 4.31. The number of benzene rings is 2. The van der Waals surface area contributed by atoms with E-state index in [0.29, 0.717) is 16.5 Å². The lowest BCUT2D eigenvalue weighted by Gasteiger charge is -2.12. The normalized spacial score (nSPS) is 10.8. The first kappa shape index (κ1) is 12.1. The van der Waals surface area contributed by atoms with Crippen LogP contribution in [0.25, 0.3) is 16.5 Å². The third-order valence-electron chi connectivity index (χ3n) is 3.15. The van der Waals surface area contributed by atoms with Crippen molar-refractivity contribution in [2.45, 2.75) is 0 Å². The van der Waals surface area contributed by atoms with E-state index in [9.17, 15) is 20.1 Å². The molecule has 1 heterocycles. The van der Waals surface area contributed by atoms with Gasteiger partial charge in [-0.15, -0.1) is 0 Å². The second-order valence-electron chi connectivity index (χ2n) is 4.37. The molecule has 0 aliphatic rings. The van der Waals surface area contributed by atoms with Crippen LogP contribution in [-0.2, 0) is 0 Å². The minimum Gasteiger partial charge on any atom is -0.508 e. The van der Waals surface area contributed by atoms with Crippen molar-refractivity contribution in [1.29, 1.82) is 0 Å². The van der Waals surface area contributed by atoms with Gasteiger partial charge in [-0.25, -0.2) is 4.57 Å². The Morgan fingerprint density at radius 1 is 0.800 bits per heavy atom. The predicted octanol–water partition coefficient (Wildman–Crippen LogP) is 2.11. The standard InChI is InChI=1S/C15H11NO4/c17-10-7-5-9(6-8-10)16-14(19)12-4-2-1-3-11(12)13(18)15(16)20/h1-8,17-19H. The fourth-order valence-electron chi connectivity index (χ4n) is 2.16. The number of hydrogen-bond donors (Lipinski definition) is 3. The Balaban J connectivity index is 2.42. The summed E-state index contributed by atoms with van der Waals surface area (Å²) in [6.07, 6.45) is 0. The zero-order chi connectivity index (χ0) is 14.3. The fraction of sp³-hybridized carbons (Fsp3) is 0. The average Bonchev–Trinajstić information content (AvgIpc) is 2.47. The lowest BCUT2D eigenvalue weighted by molar-refractivity contribution is 0.428. The molecule has 0 aliphatic carbocycles. The van der Waals surface area contributed by atoms with Crippen LogP contribution in [0.1, 0.15) is 0 Å². The molecule has 0 saturated carbocycles. The van der Waals surface area contributed by atoms with Crippen LogP contribution in [0.15, 0.2) is 53.3 Å². The van der Waals surface area contributed by atoms with Crippen LogP contribution in [0, 0.1) is 0 Å². The molecule has 0 saturated heterocycles. The number of aromatic hydroxyl groups is 3. The van der Waals surface area contributed by atoms with Crippen LogP contribution in [0.2, 0.25) is 0 Å². The van der Waals surface area contributed by atoms with Crippen LogP contribution in [0.5, 0.6) is 17.4 Å². The third-order valence-corrected chi connectivity index (χ3v) is 3.15. The molecule has 0 radical (unpaired) electrons. The zero-order valence-corrected chi connectivity index (χ0v) is 10.3. The van der Waals surface area contributed by atoms with Gasteiger partial charge in [-0.2, -0.15) is 0 Å². The van der Waals surface area contributed by atoms with E-state index in [1.54, 1.807) is 24.3 Å². The molecule has 1 aromatic heterocycles. The summed E-state index contributed by atoms with van der Waals surface area (Å²) in [5, 5.41) is 30.2. The molecule has 0 amide bonds. The number of phenols is 1. The van der Waals surface area contributed by atoms with Crippen molar-refractivity contribution < 1.29 is 15.3 Å². The number of rotatable bonds is 1. The largest absolute Gasteiger partial charge is 0.508 e. The first-order valence-corrected chi connectivity index (χ1v) is 5.94. The zero-order valence-electron chi connectivity index (χ0n) is 10.3. The van der Waals surface area contributed by atoms with Crippen molar-refractivity contribution in [2.24, 2.45) is 0 Å². The van der Waals surface area contributed by atoms with E-state index >= 15 is 0 Å². The summed E-state index contributed by atoms with van der Waals surface area (Å²) in [5.41, 5.74) is -0.363. The molecule has 100 valence electrons. The van der Waals surface area contributed by atoms with Crippen LogP contribution < -0.4 is 5.56 Å². The van der Waals surface area contributed by atoms with Gasteiger partial charge in [-0.1, -0.05) is 18.2 Å². The summed E-state index contributed by atoms with van der Waals surface area (Å²) in [6.45, 7) is 0. The van der Waals surface area contributed by atoms with Gasteiger partial charge in [0, 0.05) is 10.8 Å². The van der Waals surface area contributed by atoms with Crippen molar-refractivity contribution >= 4 is 10.8 Å². The molecule has 0 bridgehead atoms. The topological polar surface area (TPSA) is 82.7 Å². The maximum Gasteiger partial charge on any atom is 0.300 e. The van der Waals surface area contributed by atoms with E-state index in [1.165, 1.54) is 24.3 Å². The maximum absolute atomic E-state index is 12.2. The Labute approximate surface area is 113 Å². The van der Waals surface area contributed by atoms with Gasteiger partial charge in [0.25, 0.3) is 0 Å². The van der Waals surface area contributed by atoms with Gasteiger partial charge >= 0.3 is 5.56 Å². The SMILES string of the molecule is O=c1c(O)c2ccccc2c(O)n1-c1ccc(O)cc1. The Bertz CT molecular complexity index is 850. The summed E-state index contributed by atoms with van der Waals surface area (Å²) in [5.74, 6) is -0.633. The predicted molar refractivity (Wildman–Crippen MR) is 74.5 cm³/mol. The van der Waals surface area contributed by atoms with E-state index in [2.05, 4.69) is 0 Å². The molecule has 0 spiro atoms. The quantitative estimate of drug-likeness (QED) is 0.632. The summed E-state index contributed by atoms with van der Waals surface area (Å²) in [7, 11) is 0. The molecule has 3 aromatic rings. The number of fused-ring (bicyclic) bond motifs is 1.